The Kier molecular flexibility index (Phi) is 1.89. The van der Waals surface area contributed by atoms with Crippen molar-refractivity contribution in [2.75, 3.05) is 5.73 Å². The van der Waals surface area contributed by atoms with E-state index in [1.807, 2.05) is 0 Å². The third-order valence-electron chi connectivity index (χ3n) is 1.10. The quantitative estimate of drug-likeness (QED) is 0.406. The zero-order valence-corrected chi connectivity index (χ0v) is 5.23. The maximum absolute atomic E-state index is 8.62. The summed E-state index contributed by atoms with van der Waals surface area (Å²) >= 11 is 0. The smallest absolute Gasteiger partial charge is 0.423 e. The van der Waals surface area contributed by atoms with Gasteiger partial charge in [-0.1, -0.05) is 0 Å². The van der Waals surface area contributed by atoms with Crippen molar-refractivity contribution in [3.8, 4) is 0 Å². The Bertz CT molecular complexity index is 229. The first-order valence-electron chi connectivity index (χ1n) is 2.77. The van der Waals surface area contributed by atoms with Gasteiger partial charge in [-0.25, -0.2) is 4.98 Å². The lowest BCUT2D eigenvalue weighted by atomic mass is 9.81. The molecule has 10 heavy (non-hydrogen) atoms. The number of aromatic nitrogens is 1. The molecule has 0 aliphatic heterocycles. The van der Waals surface area contributed by atoms with Crippen molar-refractivity contribution < 1.29 is 10.0 Å². The van der Waals surface area contributed by atoms with E-state index in [4.69, 9.17) is 15.8 Å². The third-order valence-corrected chi connectivity index (χ3v) is 1.10. The van der Waals surface area contributed by atoms with Gasteiger partial charge in [-0.15, -0.1) is 0 Å². The molecule has 0 aliphatic rings. The highest BCUT2D eigenvalue weighted by Gasteiger charge is 2.09. The fourth-order valence-electron chi connectivity index (χ4n) is 0.626. The van der Waals surface area contributed by atoms with Crippen LogP contribution in [0, 0.1) is 0 Å². The van der Waals surface area contributed by atoms with E-state index in [9.17, 15) is 0 Å². The molecule has 4 N–H and O–H groups in total. The summed E-state index contributed by atoms with van der Waals surface area (Å²) in [4.78, 5) is 3.68. The highest BCUT2D eigenvalue weighted by atomic mass is 16.4. The summed E-state index contributed by atoms with van der Waals surface area (Å²) in [6.07, 6.45) is 1.42. The Hall–Kier alpha value is -1.07. The van der Waals surface area contributed by atoms with Gasteiger partial charge in [-0.3, -0.25) is 0 Å². The molecule has 0 amide bonds. The van der Waals surface area contributed by atoms with Crippen LogP contribution in [0.1, 0.15) is 0 Å². The van der Waals surface area contributed by atoms with E-state index in [1.54, 1.807) is 0 Å². The lowest BCUT2D eigenvalue weighted by Gasteiger charge is -1.97. The zero-order chi connectivity index (χ0) is 7.56. The molecule has 4 nitrogen and oxygen atoms in total. The molecule has 0 unspecified atom stereocenters. The molecular weight excluding hydrogens is 131 g/mol. The van der Waals surface area contributed by atoms with E-state index in [0.29, 0.717) is 5.46 Å². The molecule has 52 valence electrons. The first-order valence-corrected chi connectivity index (χ1v) is 2.77. The molecule has 1 heterocycles. The Morgan fingerprint density at radius 1 is 1.50 bits per heavy atom. The van der Waals surface area contributed by atoms with Crippen molar-refractivity contribution in [3.63, 3.8) is 0 Å². The predicted octanol–water partition coefficient (Wildman–Crippen LogP) is -1.66. The Balaban J connectivity index is 2.96. The maximum Gasteiger partial charge on any atom is 0.488 e. The van der Waals surface area contributed by atoms with E-state index < -0.39 is 7.12 Å². The number of nitrogen functional groups attached to an aromatic ring is 1. The first kappa shape index (κ1) is 7.05. The second-order valence-corrected chi connectivity index (χ2v) is 1.89. The SMILES string of the molecule is Nc1cc(B(O)O)ccn1. The molecular formula is C5H7BN2O2. The third kappa shape index (κ3) is 1.46. The molecule has 0 atom stereocenters. The van der Waals surface area contributed by atoms with Gasteiger partial charge in [0.2, 0.25) is 0 Å². The van der Waals surface area contributed by atoms with E-state index >= 15 is 0 Å². The van der Waals surface area contributed by atoms with Crippen LogP contribution in [0.2, 0.25) is 0 Å². The van der Waals surface area contributed by atoms with E-state index in [-0.39, 0.29) is 5.82 Å². The predicted molar refractivity (Wildman–Crippen MR) is 38.5 cm³/mol. The lowest BCUT2D eigenvalue weighted by molar-refractivity contribution is 0.426. The summed E-state index contributed by atoms with van der Waals surface area (Å²) in [6.45, 7) is 0. The van der Waals surface area contributed by atoms with Gasteiger partial charge < -0.3 is 15.8 Å². The minimum Gasteiger partial charge on any atom is -0.423 e. The molecule has 0 aliphatic carbocycles. The molecule has 0 saturated heterocycles. The van der Waals surface area contributed by atoms with Crippen molar-refractivity contribution in [2.24, 2.45) is 0 Å². The van der Waals surface area contributed by atoms with Crippen LogP contribution in [0.5, 0.6) is 0 Å². The first-order chi connectivity index (χ1) is 4.70. The van der Waals surface area contributed by atoms with Crippen LogP contribution in [-0.2, 0) is 0 Å². The van der Waals surface area contributed by atoms with Crippen LogP contribution >= 0.6 is 0 Å². The summed E-state index contributed by atoms with van der Waals surface area (Å²) in [5.41, 5.74) is 5.62. The summed E-state index contributed by atoms with van der Waals surface area (Å²) in [5.74, 6) is 0.283. The Morgan fingerprint density at radius 2 is 2.20 bits per heavy atom. The van der Waals surface area contributed by atoms with Crippen LogP contribution in [0.15, 0.2) is 18.3 Å². The standard InChI is InChI=1S/C5H7BN2O2/c7-5-3-4(6(9)10)1-2-8-5/h1-3,9-10H,(H2,7,8). The normalized spacial score (nSPS) is 9.40. The molecule has 1 aromatic heterocycles. The van der Waals surface area contributed by atoms with Gasteiger partial charge in [0.15, 0.2) is 0 Å². The number of rotatable bonds is 1. The zero-order valence-electron chi connectivity index (χ0n) is 5.23. The van der Waals surface area contributed by atoms with Crippen molar-refractivity contribution in [3.05, 3.63) is 18.3 Å². The number of hydrogen-bond acceptors (Lipinski definition) is 4. The molecule has 0 aromatic carbocycles. The van der Waals surface area contributed by atoms with Crippen LogP contribution in [-0.4, -0.2) is 22.2 Å². The Labute approximate surface area is 58.5 Å². The molecule has 1 rings (SSSR count). The molecule has 0 spiro atoms. The van der Waals surface area contributed by atoms with Gasteiger partial charge in [-0.05, 0) is 17.6 Å². The van der Waals surface area contributed by atoms with Gasteiger partial charge in [0, 0.05) is 6.20 Å². The number of pyridine rings is 1. The molecule has 0 fully saturated rings. The molecule has 0 saturated carbocycles. The van der Waals surface area contributed by atoms with Gasteiger partial charge >= 0.3 is 7.12 Å². The molecule has 0 radical (unpaired) electrons. The van der Waals surface area contributed by atoms with Gasteiger partial charge in [0.1, 0.15) is 5.82 Å². The minimum absolute atomic E-state index is 0.283. The second kappa shape index (κ2) is 2.68. The molecule has 0 bridgehead atoms. The average Bonchev–Trinajstić information content (AvgIpc) is 1.88. The van der Waals surface area contributed by atoms with E-state index in [2.05, 4.69) is 4.98 Å². The largest absolute Gasteiger partial charge is 0.488 e. The van der Waals surface area contributed by atoms with E-state index in [1.165, 1.54) is 18.3 Å². The topological polar surface area (TPSA) is 79.4 Å². The number of nitrogens with zero attached hydrogens (tertiary/aromatic N) is 1. The lowest BCUT2D eigenvalue weighted by Crippen LogP contribution is -2.29. The van der Waals surface area contributed by atoms with Crippen LogP contribution in [0.25, 0.3) is 0 Å². The summed E-state index contributed by atoms with van der Waals surface area (Å²) in [7, 11) is -1.47. The molecule has 1 aromatic rings. The fourth-order valence-corrected chi connectivity index (χ4v) is 0.626. The maximum atomic E-state index is 8.62. The second-order valence-electron chi connectivity index (χ2n) is 1.89. The van der Waals surface area contributed by atoms with Crippen LogP contribution in [0.4, 0.5) is 5.82 Å². The minimum atomic E-state index is -1.47. The fraction of sp³-hybridized carbons (Fsp3) is 0. The Morgan fingerprint density at radius 3 is 2.60 bits per heavy atom. The number of hydrogen-bond donors (Lipinski definition) is 3. The van der Waals surface area contributed by atoms with E-state index in [0.717, 1.165) is 0 Å². The van der Waals surface area contributed by atoms with Crippen LogP contribution in [0.3, 0.4) is 0 Å². The highest BCUT2D eigenvalue weighted by Crippen LogP contribution is 1.90. The van der Waals surface area contributed by atoms with Gasteiger partial charge in [-0.2, -0.15) is 0 Å². The van der Waals surface area contributed by atoms with Crippen molar-refractivity contribution >= 4 is 18.4 Å². The number of anilines is 1. The molecule has 5 heteroatoms. The summed E-state index contributed by atoms with van der Waals surface area (Å²) < 4.78 is 0. The van der Waals surface area contributed by atoms with Crippen molar-refractivity contribution in [1.29, 1.82) is 0 Å². The average molecular weight is 138 g/mol. The monoisotopic (exact) mass is 138 g/mol. The van der Waals surface area contributed by atoms with Crippen molar-refractivity contribution in [1.82, 2.24) is 4.98 Å². The number of nitrogens with two attached hydrogens (primary N) is 1. The van der Waals surface area contributed by atoms with Gasteiger partial charge in [0.05, 0.1) is 0 Å². The highest BCUT2D eigenvalue weighted by molar-refractivity contribution is 6.58. The summed E-state index contributed by atoms with van der Waals surface area (Å²) in [5, 5.41) is 17.2. The van der Waals surface area contributed by atoms with Crippen molar-refractivity contribution in [2.45, 2.75) is 0 Å². The van der Waals surface area contributed by atoms with Crippen LogP contribution < -0.4 is 11.2 Å². The summed E-state index contributed by atoms with van der Waals surface area (Å²) in [6, 6.07) is 2.89. The van der Waals surface area contributed by atoms with Gasteiger partial charge in [0.25, 0.3) is 0 Å².